The minimum atomic E-state index is 1.01. The molecule has 3 rings (SSSR count). The Labute approximate surface area is 520 Å². The minimum Gasteiger partial charge on any atom is -0.493 e. The van der Waals surface area contributed by atoms with Crippen LogP contribution >= 0.6 is 0 Å². The van der Waals surface area contributed by atoms with Crippen LogP contribution in [0.1, 0.15) is 428 Å². The molecule has 1 aliphatic heterocycles. The number of hydrogen-bond acceptors (Lipinski definition) is 0. The van der Waals surface area contributed by atoms with E-state index in [0.29, 0.717) is 0 Å². The van der Waals surface area contributed by atoms with E-state index in [4.69, 9.17) is 0 Å². The normalized spacial score (nSPS) is 12.8. The maximum atomic E-state index is 12.5. The summed E-state index contributed by atoms with van der Waals surface area (Å²) in [6.45, 7) is 13.8. The molecule has 1 heterocycles. The molecule has 0 saturated heterocycles. The minimum absolute atomic E-state index is 1.01. The summed E-state index contributed by atoms with van der Waals surface area (Å²) >= 11 is 0. The molecule has 2 aromatic carbocycles. The first kappa shape index (κ1) is 74.8. The van der Waals surface area contributed by atoms with E-state index < -0.39 is 0 Å². The summed E-state index contributed by atoms with van der Waals surface area (Å²) in [5, 5.41) is 0. The molecule has 0 fully saturated rings. The van der Waals surface area contributed by atoms with Crippen molar-refractivity contribution in [1.82, 2.24) is 0 Å². The van der Waals surface area contributed by atoms with Gasteiger partial charge in [0.25, 0.3) is 0 Å². The van der Waals surface area contributed by atoms with Crippen LogP contribution in [0, 0.1) is 0 Å². The second-order valence-electron chi connectivity index (χ2n) is 27.2. The van der Waals surface area contributed by atoms with Crippen molar-refractivity contribution < 1.29 is 4.70 Å². The first-order chi connectivity index (χ1) is 41.0. The first-order valence-electron chi connectivity index (χ1n) is 38.2. The monoisotopic (exact) mass is 1140 g/mol. The van der Waals surface area contributed by atoms with Crippen LogP contribution in [-0.4, -0.2) is 4.70 Å². The summed E-state index contributed by atoms with van der Waals surface area (Å²) in [6.07, 6.45) is 81.9. The molecule has 0 atom stereocenters. The van der Waals surface area contributed by atoms with Gasteiger partial charge in [0.2, 0.25) is 11.4 Å². The Bertz CT molecular complexity index is 1890. The molecule has 2 nitrogen and oxygen atoms in total. The van der Waals surface area contributed by atoms with Gasteiger partial charge in [0.05, 0.1) is 0 Å². The highest BCUT2D eigenvalue weighted by molar-refractivity contribution is 5.82. The van der Waals surface area contributed by atoms with Crippen molar-refractivity contribution >= 4 is 11.4 Å². The van der Waals surface area contributed by atoms with E-state index in [9.17, 15) is 5.53 Å². The van der Waals surface area contributed by atoms with Crippen molar-refractivity contribution in [2.24, 2.45) is 0 Å². The second kappa shape index (κ2) is 53.7. The lowest BCUT2D eigenvalue weighted by Crippen LogP contribution is -2.05. The average Bonchev–Trinajstić information content (AvgIpc) is 2.51. The molecule has 83 heavy (non-hydrogen) atoms. The zero-order valence-electron chi connectivity index (χ0n) is 57.1. The molecule has 0 unspecified atom stereocenters. The first-order valence-corrected chi connectivity index (χ1v) is 38.2. The van der Waals surface area contributed by atoms with E-state index >= 15 is 0 Å². The van der Waals surface area contributed by atoms with E-state index in [-0.39, 0.29) is 0 Å². The fraction of sp³-hybridized carbons (Fsp3) is 0.802. The Balaban J connectivity index is 1.32. The average molecular weight is 1140 g/mol. The van der Waals surface area contributed by atoms with E-state index in [0.717, 1.165) is 43.5 Å². The third-order valence-corrected chi connectivity index (χ3v) is 19.4. The zero-order valence-corrected chi connectivity index (χ0v) is 57.1. The fourth-order valence-electron chi connectivity index (χ4n) is 13.8. The standard InChI is InChI=1S/C81H142N2/c1-7-12-15-18-20-22-24-26-28-30-32-34-36-38-40-42-44-46-48-50-52-54-56-58-60-63-75-66-73(10-4)68-77(70-75)80-72(6)79(65-62-17-14-9-3)81(83(80)82)78-69-74(11-5)67-76(71-78)64-61-59-57-55-53-51-49-47-45-43-41-39-37-35-33-31-29-27-25-23-21-19-16-13-8-2/h66-71H,7-65H2,1-6H3. The summed E-state index contributed by atoms with van der Waals surface area (Å²) in [5.41, 5.74) is 25.2. The van der Waals surface area contributed by atoms with E-state index in [1.54, 1.807) is 4.70 Å². The number of aryl methyl sites for hydroxylation is 4. The summed E-state index contributed by atoms with van der Waals surface area (Å²) in [6, 6.07) is 14.5. The quantitative estimate of drug-likeness (QED) is 0.0466. The van der Waals surface area contributed by atoms with Crippen molar-refractivity contribution in [2.75, 3.05) is 0 Å². The summed E-state index contributed by atoms with van der Waals surface area (Å²) in [5.74, 6) is 0. The number of benzene rings is 2. The largest absolute Gasteiger partial charge is 0.493 e. The van der Waals surface area contributed by atoms with Crippen LogP contribution in [0.4, 0.5) is 0 Å². The third-order valence-electron chi connectivity index (χ3n) is 19.4. The van der Waals surface area contributed by atoms with Gasteiger partial charge in [-0.2, -0.15) is 0 Å². The summed E-state index contributed by atoms with van der Waals surface area (Å²) in [4.78, 5) is 0. The van der Waals surface area contributed by atoms with Crippen molar-refractivity contribution in [2.45, 2.75) is 420 Å². The zero-order chi connectivity index (χ0) is 59.3. The van der Waals surface area contributed by atoms with Gasteiger partial charge in [-0.3, -0.25) is 0 Å². The molecule has 2 aromatic rings. The van der Waals surface area contributed by atoms with E-state index in [1.807, 2.05) is 0 Å². The van der Waals surface area contributed by atoms with Crippen LogP contribution in [0.5, 0.6) is 0 Å². The van der Waals surface area contributed by atoms with Gasteiger partial charge in [-0.1, -0.05) is 374 Å². The third kappa shape index (κ3) is 37.1. The predicted molar refractivity (Wildman–Crippen MR) is 373 cm³/mol. The Kier molecular flexibility index (Phi) is 48.4. The molecule has 0 radical (unpaired) electrons. The molecule has 1 aliphatic rings. The Morgan fingerprint density at radius 1 is 0.241 bits per heavy atom. The maximum Gasteiger partial charge on any atom is 0.211 e. The fourth-order valence-corrected chi connectivity index (χ4v) is 13.8. The lowest BCUT2D eigenvalue weighted by atomic mass is 9.93. The van der Waals surface area contributed by atoms with Crippen LogP contribution in [0.2, 0.25) is 0 Å². The summed E-state index contributed by atoms with van der Waals surface area (Å²) < 4.78 is 1.63. The molecule has 0 bridgehead atoms. The lowest BCUT2D eigenvalue weighted by Gasteiger charge is -2.14. The number of allylic oxidation sites excluding steroid dienone is 2. The maximum absolute atomic E-state index is 12.5. The van der Waals surface area contributed by atoms with Crippen LogP contribution in [-0.2, 0) is 25.7 Å². The van der Waals surface area contributed by atoms with Crippen LogP contribution in [0.15, 0.2) is 47.5 Å². The van der Waals surface area contributed by atoms with Gasteiger partial charge in [-0.25, -0.2) is 4.70 Å². The smallest absolute Gasteiger partial charge is 0.211 e. The number of unbranched alkanes of at least 4 members (excludes halogenated alkanes) is 51. The molecule has 0 aromatic heterocycles. The molecular weight excluding hydrogens is 1000 g/mol. The second-order valence-corrected chi connectivity index (χ2v) is 27.2. The van der Waals surface area contributed by atoms with Crippen LogP contribution < -0.4 is 0 Å². The van der Waals surface area contributed by atoms with Gasteiger partial charge >= 0.3 is 0 Å². The Morgan fingerprint density at radius 3 is 0.699 bits per heavy atom. The van der Waals surface area contributed by atoms with Crippen molar-refractivity contribution in [3.05, 3.63) is 86.5 Å². The topological polar surface area (TPSA) is 25.3 Å². The van der Waals surface area contributed by atoms with E-state index in [2.05, 4.69) is 77.9 Å². The summed E-state index contributed by atoms with van der Waals surface area (Å²) in [7, 11) is 0. The highest BCUT2D eigenvalue weighted by atomic mass is 15.2. The molecule has 0 N–H and O–H groups in total. The predicted octanol–water partition coefficient (Wildman–Crippen LogP) is 28.6. The molecule has 0 spiro atoms. The highest BCUT2D eigenvalue weighted by Crippen LogP contribution is 2.43. The van der Waals surface area contributed by atoms with Gasteiger partial charge < -0.3 is 5.53 Å². The number of hydrogen-bond donors (Lipinski definition) is 0. The van der Waals surface area contributed by atoms with Crippen molar-refractivity contribution in [3.63, 3.8) is 0 Å². The van der Waals surface area contributed by atoms with Gasteiger partial charge in [-0.05, 0) is 105 Å². The number of rotatable bonds is 61. The Morgan fingerprint density at radius 2 is 0.446 bits per heavy atom. The van der Waals surface area contributed by atoms with Gasteiger partial charge in [-0.15, -0.1) is 0 Å². The van der Waals surface area contributed by atoms with Gasteiger partial charge in [0.15, 0.2) is 0 Å². The van der Waals surface area contributed by atoms with Gasteiger partial charge in [0, 0.05) is 22.3 Å². The molecular formula is C81H142N2. The molecule has 476 valence electrons. The van der Waals surface area contributed by atoms with Gasteiger partial charge in [0.1, 0.15) is 0 Å². The van der Waals surface area contributed by atoms with Crippen molar-refractivity contribution in [3.8, 4) is 0 Å². The lowest BCUT2D eigenvalue weighted by molar-refractivity contribution is -0.345. The van der Waals surface area contributed by atoms with Crippen LogP contribution in [0.3, 0.4) is 0 Å². The van der Waals surface area contributed by atoms with Crippen LogP contribution in [0.25, 0.3) is 16.9 Å². The molecule has 0 aliphatic carbocycles. The molecule has 0 amide bonds. The van der Waals surface area contributed by atoms with E-state index in [1.165, 1.54) is 391 Å². The van der Waals surface area contributed by atoms with Crippen molar-refractivity contribution in [1.29, 1.82) is 0 Å². The number of nitrogens with zero attached hydrogens (tertiary/aromatic N) is 2. The Hall–Kier alpha value is -2.48. The molecule has 0 saturated carbocycles. The molecule has 2 heteroatoms. The SMILES string of the molecule is CCCCCCCCCCCCCCCCCCCCCCCCCCCc1cc(CC)cc(C2=C(C)C(CCCCCC)=C(c3cc(CC)cc(CCCCCCCCCCCCCCCCCCCCCCCCCCC)c3)[N+]2=[N-])c1. The highest BCUT2D eigenvalue weighted by Gasteiger charge is 2.34.